The number of aromatic nitrogens is 3. The van der Waals surface area contributed by atoms with Gasteiger partial charge in [0.1, 0.15) is 0 Å². The van der Waals surface area contributed by atoms with Crippen molar-refractivity contribution in [2.24, 2.45) is 0 Å². The van der Waals surface area contributed by atoms with Gasteiger partial charge in [-0.1, -0.05) is 135 Å². The lowest BCUT2D eigenvalue weighted by Gasteiger charge is -2.22. The molecule has 0 bridgehead atoms. The molecule has 0 amide bonds. The van der Waals surface area contributed by atoms with E-state index in [1.807, 2.05) is 30.3 Å². The van der Waals surface area contributed by atoms with Crippen LogP contribution in [0, 0.1) is 11.3 Å². The van der Waals surface area contributed by atoms with Crippen LogP contribution < -0.4 is 0 Å². The second-order valence-electron chi connectivity index (χ2n) is 13.9. The van der Waals surface area contributed by atoms with Crippen LogP contribution in [0.1, 0.15) is 54.8 Å². The molecule has 0 saturated heterocycles. The third kappa shape index (κ3) is 5.26. The quantitative estimate of drug-likeness (QED) is 0.185. The molecule has 0 aliphatic heterocycles. The lowest BCUT2D eigenvalue weighted by Crippen LogP contribution is -2.15. The van der Waals surface area contributed by atoms with Crippen molar-refractivity contribution >= 4 is 21.9 Å². The SMILES string of the molecule is CC1(C)c2cc(C#N)ccc2-c2ccc(-c3ccc(-c4nc(C5=CC=C(c6ccccc6)CC5)nc(-c5ccccc5)n4)c4ccccc34)cc21. The van der Waals surface area contributed by atoms with Gasteiger partial charge >= 0.3 is 0 Å². The molecular formula is C47H34N4. The molecule has 4 heteroatoms. The second-order valence-corrected chi connectivity index (χ2v) is 13.9. The zero-order valence-corrected chi connectivity index (χ0v) is 28.6. The molecule has 0 spiro atoms. The molecule has 0 atom stereocenters. The fourth-order valence-corrected chi connectivity index (χ4v) is 7.79. The summed E-state index contributed by atoms with van der Waals surface area (Å²) in [5.41, 5.74) is 13.3. The highest BCUT2D eigenvalue weighted by molar-refractivity contribution is 6.04. The standard InChI is InChI=1S/C47H34N4/c1-47(2)42-27-30(29-48)17-23-39(42)40-24-22-35(28-43(40)47)36-25-26-41(38-16-10-9-15-37(36)38)46-50-44(33-13-7-4-8-14-33)49-45(51-46)34-20-18-32(19-21-34)31-11-5-3-6-12-31/h3-18,20,22-28H,19,21H2,1-2H3. The molecule has 0 unspecified atom stereocenters. The topological polar surface area (TPSA) is 62.5 Å². The summed E-state index contributed by atoms with van der Waals surface area (Å²) in [5, 5.41) is 11.8. The van der Waals surface area contributed by atoms with E-state index in [1.54, 1.807) is 0 Å². The van der Waals surface area contributed by atoms with Crippen LogP contribution in [0.2, 0.25) is 0 Å². The molecule has 0 saturated carbocycles. The summed E-state index contributed by atoms with van der Waals surface area (Å²) in [4.78, 5) is 15.3. The van der Waals surface area contributed by atoms with Crippen LogP contribution in [0.3, 0.4) is 0 Å². The molecule has 2 aliphatic carbocycles. The van der Waals surface area contributed by atoms with Gasteiger partial charge in [0.15, 0.2) is 17.5 Å². The Bertz CT molecular complexity index is 2610. The molecule has 2 aliphatic rings. The molecule has 7 aromatic rings. The van der Waals surface area contributed by atoms with Gasteiger partial charge in [-0.05, 0) is 98.0 Å². The van der Waals surface area contributed by atoms with Gasteiger partial charge in [-0.15, -0.1) is 0 Å². The van der Waals surface area contributed by atoms with Crippen molar-refractivity contribution in [2.45, 2.75) is 32.1 Å². The maximum atomic E-state index is 9.59. The van der Waals surface area contributed by atoms with Crippen LogP contribution in [0.15, 0.2) is 146 Å². The first-order valence-electron chi connectivity index (χ1n) is 17.5. The van der Waals surface area contributed by atoms with Crippen LogP contribution in [0.25, 0.3) is 66.9 Å². The van der Waals surface area contributed by atoms with Crippen LogP contribution in [0.4, 0.5) is 0 Å². The van der Waals surface area contributed by atoms with E-state index in [1.165, 1.54) is 33.4 Å². The average Bonchev–Trinajstić information content (AvgIpc) is 3.42. The number of benzene rings is 6. The van der Waals surface area contributed by atoms with Gasteiger partial charge in [-0.3, -0.25) is 0 Å². The number of nitrogens with zero attached hydrogens (tertiary/aromatic N) is 4. The van der Waals surface area contributed by atoms with Crippen molar-refractivity contribution in [1.82, 2.24) is 15.0 Å². The van der Waals surface area contributed by atoms with E-state index in [0.29, 0.717) is 17.2 Å². The van der Waals surface area contributed by atoms with Gasteiger partial charge in [-0.2, -0.15) is 5.26 Å². The third-order valence-electron chi connectivity index (χ3n) is 10.5. The normalized spacial score (nSPS) is 14.3. The molecule has 1 aromatic heterocycles. The monoisotopic (exact) mass is 654 g/mol. The summed E-state index contributed by atoms with van der Waals surface area (Å²) in [6.07, 6.45) is 6.17. The zero-order chi connectivity index (χ0) is 34.5. The maximum absolute atomic E-state index is 9.59. The molecule has 0 fully saturated rings. The highest BCUT2D eigenvalue weighted by Crippen LogP contribution is 2.50. The van der Waals surface area contributed by atoms with Crippen molar-refractivity contribution in [2.75, 3.05) is 0 Å². The predicted octanol–water partition coefficient (Wildman–Crippen LogP) is 11.5. The number of nitriles is 1. The maximum Gasteiger partial charge on any atom is 0.164 e. The first-order valence-corrected chi connectivity index (χ1v) is 17.5. The summed E-state index contributed by atoms with van der Waals surface area (Å²) in [6.45, 7) is 4.51. The van der Waals surface area contributed by atoms with Crippen LogP contribution in [-0.4, -0.2) is 15.0 Å². The first-order chi connectivity index (χ1) is 25.0. The third-order valence-corrected chi connectivity index (χ3v) is 10.5. The number of hydrogen-bond donors (Lipinski definition) is 0. The predicted molar refractivity (Wildman–Crippen MR) is 208 cm³/mol. The van der Waals surface area contributed by atoms with Gasteiger partial charge in [0.25, 0.3) is 0 Å². The van der Waals surface area contributed by atoms with Gasteiger partial charge in [-0.25, -0.2) is 15.0 Å². The molecule has 4 nitrogen and oxygen atoms in total. The summed E-state index contributed by atoms with van der Waals surface area (Å²) in [7, 11) is 0. The van der Waals surface area contributed by atoms with Crippen LogP contribution in [0.5, 0.6) is 0 Å². The van der Waals surface area contributed by atoms with Gasteiger partial charge in [0.2, 0.25) is 0 Å². The van der Waals surface area contributed by atoms with E-state index in [0.717, 1.165) is 57.3 Å². The van der Waals surface area contributed by atoms with E-state index in [-0.39, 0.29) is 5.41 Å². The van der Waals surface area contributed by atoms with Gasteiger partial charge in [0, 0.05) is 16.5 Å². The number of hydrogen-bond acceptors (Lipinski definition) is 4. The molecule has 51 heavy (non-hydrogen) atoms. The highest BCUT2D eigenvalue weighted by atomic mass is 15.0. The lowest BCUT2D eigenvalue weighted by molar-refractivity contribution is 0.660. The Hall–Kier alpha value is -6.44. The Balaban J connectivity index is 1.16. The fraction of sp³-hybridized carbons (Fsp3) is 0.106. The van der Waals surface area contributed by atoms with E-state index >= 15 is 0 Å². The largest absolute Gasteiger partial charge is 0.209 e. The van der Waals surface area contributed by atoms with Gasteiger partial charge in [0.05, 0.1) is 11.6 Å². The van der Waals surface area contributed by atoms with E-state index in [9.17, 15) is 5.26 Å². The van der Waals surface area contributed by atoms with Crippen molar-refractivity contribution in [3.63, 3.8) is 0 Å². The number of fused-ring (bicyclic) bond motifs is 4. The molecular weight excluding hydrogens is 621 g/mol. The zero-order valence-electron chi connectivity index (χ0n) is 28.6. The average molecular weight is 655 g/mol. The second kappa shape index (κ2) is 12.2. The van der Waals surface area contributed by atoms with Crippen molar-refractivity contribution < 1.29 is 0 Å². The van der Waals surface area contributed by atoms with E-state index in [2.05, 4.69) is 135 Å². The molecule has 1 heterocycles. The van der Waals surface area contributed by atoms with E-state index in [4.69, 9.17) is 15.0 Å². The van der Waals surface area contributed by atoms with E-state index < -0.39 is 0 Å². The summed E-state index contributed by atoms with van der Waals surface area (Å²) < 4.78 is 0. The Kier molecular flexibility index (Phi) is 7.30. The smallest absolute Gasteiger partial charge is 0.164 e. The summed E-state index contributed by atoms with van der Waals surface area (Å²) in [5.74, 6) is 2.05. The minimum atomic E-state index is -0.219. The number of rotatable bonds is 5. The minimum absolute atomic E-state index is 0.219. The Morgan fingerprint density at radius 3 is 1.75 bits per heavy atom. The lowest BCUT2D eigenvalue weighted by atomic mass is 9.81. The Labute approximate surface area is 298 Å². The summed E-state index contributed by atoms with van der Waals surface area (Å²) >= 11 is 0. The first kappa shape index (κ1) is 30.6. The molecule has 0 N–H and O–H groups in total. The minimum Gasteiger partial charge on any atom is -0.209 e. The molecule has 6 aromatic carbocycles. The molecule has 0 radical (unpaired) electrons. The van der Waals surface area contributed by atoms with Crippen LogP contribution >= 0.6 is 0 Å². The molecule has 242 valence electrons. The Morgan fingerprint density at radius 2 is 1.04 bits per heavy atom. The van der Waals surface area contributed by atoms with Crippen molar-refractivity contribution in [3.05, 3.63) is 174 Å². The fourth-order valence-electron chi connectivity index (χ4n) is 7.79. The summed E-state index contributed by atoms with van der Waals surface area (Å²) in [6, 6.07) is 48.9. The van der Waals surface area contributed by atoms with Crippen molar-refractivity contribution in [3.8, 4) is 51.1 Å². The highest BCUT2D eigenvalue weighted by Gasteiger charge is 2.36. The Morgan fingerprint density at radius 1 is 0.490 bits per heavy atom. The van der Waals surface area contributed by atoms with Crippen LogP contribution in [-0.2, 0) is 5.41 Å². The van der Waals surface area contributed by atoms with Gasteiger partial charge < -0.3 is 0 Å². The molecule has 9 rings (SSSR count). The van der Waals surface area contributed by atoms with Crippen molar-refractivity contribution in [1.29, 1.82) is 5.26 Å². The number of allylic oxidation sites excluding steroid dienone is 4.